The SMILES string of the molecule is O=C(CN1CCN(C(=O)Cn2cnc3scc(-c4cccs4)c3c2=O)CC1)N1CCOCC1. The van der Waals surface area contributed by atoms with Crippen LogP contribution in [0, 0.1) is 0 Å². The van der Waals surface area contributed by atoms with Gasteiger partial charge < -0.3 is 14.5 Å². The number of morpholine rings is 1. The van der Waals surface area contributed by atoms with Crippen molar-refractivity contribution >= 4 is 44.7 Å². The number of piperazine rings is 1. The lowest BCUT2D eigenvalue weighted by molar-refractivity contribution is -0.138. The summed E-state index contributed by atoms with van der Waals surface area (Å²) in [6.07, 6.45) is 1.47. The first-order valence-corrected chi connectivity index (χ1v) is 12.7. The summed E-state index contributed by atoms with van der Waals surface area (Å²) in [5, 5.41) is 4.50. The second-order valence-electron chi connectivity index (χ2n) is 8.13. The minimum Gasteiger partial charge on any atom is -0.378 e. The Hall–Kier alpha value is -2.60. The van der Waals surface area contributed by atoms with Crippen LogP contribution in [0.15, 0.2) is 34.0 Å². The lowest BCUT2D eigenvalue weighted by Crippen LogP contribution is -2.53. The van der Waals surface area contributed by atoms with Crippen molar-refractivity contribution in [3.8, 4) is 10.4 Å². The smallest absolute Gasteiger partial charge is 0.263 e. The number of carbonyl (C=O) groups is 2. The van der Waals surface area contributed by atoms with Crippen LogP contribution in [0.4, 0.5) is 0 Å². The van der Waals surface area contributed by atoms with Gasteiger partial charge in [0.05, 0.1) is 31.5 Å². The van der Waals surface area contributed by atoms with E-state index < -0.39 is 0 Å². The van der Waals surface area contributed by atoms with Crippen LogP contribution < -0.4 is 5.56 Å². The maximum atomic E-state index is 13.2. The predicted molar refractivity (Wildman–Crippen MR) is 128 cm³/mol. The van der Waals surface area contributed by atoms with Crippen molar-refractivity contribution in [2.75, 3.05) is 59.0 Å². The van der Waals surface area contributed by atoms with Gasteiger partial charge in [-0.1, -0.05) is 6.07 Å². The van der Waals surface area contributed by atoms with Crippen molar-refractivity contribution < 1.29 is 14.3 Å². The Labute approximate surface area is 198 Å². The molecule has 0 bridgehead atoms. The van der Waals surface area contributed by atoms with E-state index in [1.54, 1.807) is 16.2 Å². The van der Waals surface area contributed by atoms with Gasteiger partial charge >= 0.3 is 0 Å². The van der Waals surface area contributed by atoms with E-state index >= 15 is 0 Å². The number of ether oxygens (including phenoxy) is 1. The number of fused-ring (bicyclic) bond motifs is 1. The topological polar surface area (TPSA) is 88.0 Å². The number of thiophene rings is 2. The number of nitrogens with zero attached hydrogens (tertiary/aromatic N) is 5. The largest absolute Gasteiger partial charge is 0.378 e. The average molecular weight is 488 g/mol. The zero-order valence-electron chi connectivity index (χ0n) is 18.1. The van der Waals surface area contributed by atoms with Crippen molar-refractivity contribution in [2.45, 2.75) is 6.54 Å². The van der Waals surface area contributed by atoms with Crippen LogP contribution in [-0.4, -0.2) is 95.1 Å². The molecular formula is C22H25N5O4S2. The van der Waals surface area contributed by atoms with E-state index in [1.807, 2.05) is 27.8 Å². The molecule has 5 rings (SSSR count). The summed E-state index contributed by atoms with van der Waals surface area (Å²) < 4.78 is 6.71. The number of amides is 2. The van der Waals surface area contributed by atoms with E-state index in [1.165, 1.54) is 22.2 Å². The van der Waals surface area contributed by atoms with Crippen molar-refractivity contribution in [1.29, 1.82) is 0 Å². The molecule has 33 heavy (non-hydrogen) atoms. The van der Waals surface area contributed by atoms with Gasteiger partial charge in [-0.2, -0.15) is 0 Å². The molecule has 3 aromatic heterocycles. The summed E-state index contributed by atoms with van der Waals surface area (Å²) in [7, 11) is 0. The Balaban J connectivity index is 1.21. The van der Waals surface area contributed by atoms with E-state index in [0.717, 1.165) is 10.4 Å². The summed E-state index contributed by atoms with van der Waals surface area (Å²) in [6.45, 7) is 5.16. The van der Waals surface area contributed by atoms with Gasteiger partial charge in [0.2, 0.25) is 11.8 Å². The number of aromatic nitrogens is 2. The number of carbonyl (C=O) groups excluding carboxylic acids is 2. The normalized spacial score (nSPS) is 17.6. The minimum absolute atomic E-state index is 0.0335. The highest BCUT2D eigenvalue weighted by Gasteiger charge is 2.25. The molecule has 11 heteroatoms. The molecule has 0 atom stereocenters. The maximum Gasteiger partial charge on any atom is 0.263 e. The maximum absolute atomic E-state index is 13.2. The van der Waals surface area contributed by atoms with Gasteiger partial charge in [0.25, 0.3) is 5.56 Å². The molecule has 2 fully saturated rings. The summed E-state index contributed by atoms with van der Waals surface area (Å²) in [5.74, 6) is 0.00613. The summed E-state index contributed by atoms with van der Waals surface area (Å²) in [6, 6.07) is 3.94. The van der Waals surface area contributed by atoms with Crippen molar-refractivity contribution in [3.05, 3.63) is 39.6 Å². The van der Waals surface area contributed by atoms with Crippen molar-refractivity contribution in [3.63, 3.8) is 0 Å². The van der Waals surface area contributed by atoms with Crippen molar-refractivity contribution in [2.24, 2.45) is 0 Å². The van der Waals surface area contributed by atoms with Crippen LogP contribution in [0.5, 0.6) is 0 Å². The second kappa shape index (κ2) is 9.72. The van der Waals surface area contributed by atoms with Crippen molar-refractivity contribution in [1.82, 2.24) is 24.3 Å². The molecule has 2 saturated heterocycles. The third-order valence-corrected chi connectivity index (χ3v) is 7.89. The molecule has 0 radical (unpaired) electrons. The molecule has 0 aliphatic carbocycles. The lowest BCUT2D eigenvalue weighted by atomic mass is 10.2. The molecular weight excluding hydrogens is 462 g/mol. The summed E-state index contributed by atoms with van der Waals surface area (Å²) >= 11 is 3.02. The fraction of sp³-hybridized carbons (Fsp3) is 0.455. The van der Waals surface area contributed by atoms with E-state index in [0.29, 0.717) is 69.2 Å². The molecule has 2 aliphatic heterocycles. The van der Waals surface area contributed by atoms with Crippen LogP contribution in [-0.2, 0) is 20.9 Å². The third kappa shape index (κ3) is 4.72. The first-order valence-electron chi connectivity index (χ1n) is 11.0. The number of hydrogen-bond acceptors (Lipinski definition) is 8. The van der Waals surface area contributed by atoms with Crippen LogP contribution in [0.25, 0.3) is 20.7 Å². The summed E-state index contributed by atoms with van der Waals surface area (Å²) in [4.78, 5) is 50.3. The first kappa shape index (κ1) is 22.2. The van der Waals surface area contributed by atoms with E-state index in [2.05, 4.69) is 9.88 Å². The molecule has 0 unspecified atom stereocenters. The Bertz CT molecular complexity index is 1190. The second-order valence-corrected chi connectivity index (χ2v) is 9.94. The molecule has 0 spiro atoms. The Kier molecular flexibility index (Phi) is 6.54. The molecule has 2 aliphatic rings. The van der Waals surface area contributed by atoms with Gasteiger partial charge in [-0.15, -0.1) is 22.7 Å². The minimum atomic E-state index is -0.187. The molecule has 9 nitrogen and oxygen atoms in total. The van der Waals surface area contributed by atoms with Crippen LogP contribution in [0.1, 0.15) is 0 Å². The Morgan fingerprint density at radius 3 is 2.42 bits per heavy atom. The van der Waals surface area contributed by atoms with Gasteiger partial charge in [0.1, 0.15) is 11.4 Å². The molecule has 3 aromatic rings. The van der Waals surface area contributed by atoms with Crippen LogP contribution in [0.2, 0.25) is 0 Å². The van der Waals surface area contributed by atoms with Gasteiger partial charge in [-0.3, -0.25) is 23.9 Å². The highest BCUT2D eigenvalue weighted by Crippen LogP contribution is 2.33. The standard InChI is InChI=1S/C22H25N5O4S2/c28-18(26-7-9-31-10-8-26)12-24-3-5-25(6-4-24)19(29)13-27-15-23-21-20(22(27)30)16(14-33-21)17-2-1-11-32-17/h1-2,11,14-15H,3-10,12-13H2. The van der Waals surface area contributed by atoms with E-state index in [-0.39, 0.29) is 23.9 Å². The lowest BCUT2D eigenvalue weighted by Gasteiger charge is -2.36. The van der Waals surface area contributed by atoms with Gasteiger partial charge in [-0.05, 0) is 11.4 Å². The summed E-state index contributed by atoms with van der Waals surface area (Å²) in [5.41, 5.74) is 0.690. The van der Waals surface area contributed by atoms with Gasteiger partial charge in [-0.25, -0.2) is 4.98 Å². The molecule has 0 saturated carbocycles. The third-order valence-electron chi connectivity index (χ3n) is 6.10. The first-order chi connectivity index (χ1) is 16.1. The molecule has 0 N–H and O–H groups in total. The number of rotatable bonds is 5. The fourth-order valence-corrected chi connectivity index (χ4v) is 5.92. The predicted octanol–water partition coefficient (Wildman–Crippen LogP) is 1.19. The monoisotopic (exact) mass is 487 g/mol. The van der Waals surface area contributed by atoms with Gasteiger partial charge in [0, 0.05) is 55.1 Å². The average Bonchev–Trinajstić information content (AvgIpc) is 3.52. The zero-order valence-corrected chi connectivity index (χ0v) is 19.8. The fourth-order valence-electron chi connectivity index (χ4n) is 4.20. The van der Waals surface area contributed by atoms with E-state index in [9.17, 15) is 14.4 Å². The zero-order chi connectivity index (χ0) is 22.8. The van der Waals surface area contributed by atoms with Gasteiger partial charge in [0.15, 0.2) is 0 Å². The molecule has 174 valence electrons. The molecule has 5 heterocycles. The Morgan fingerprint density at radius 2 is 1.70 bits per heavy atom. The van der Waals surface area contributed by atoms with Crippen LogP contribution in [0.3, 0.4) is 0 Å². The number of hydrogen-bond donors (Lipinski definition) is 0. The highest BCUT2D eigenvalue weighted by molar-refractivity contribution is 7.18. The van der Waals surface area contributed by atoms with E-state index in [4.69, 9.17) is 4.74 Å². The molecule has 0 aromatic carbocycles. The quantitative estimate of drug-likeness (QED) is 0.537. The Morgan fingerprint density at radius 1 is 0.970 bits per heavy atom. The van der Waals surface area contributed by atoms with Crippen LogP contribution >= 0.6 is 22.7 Å². The molecule has 2 amide bonds. The highest BCUT2D eigenvalue weighted by atomic mass is 32.1.